The number of pyridine rings is 1. The molecule has 0 aliphatic heterocycles. The second-order valence-corrected chi connectivity index (χ2v) is 5.90. The summed E-state index contributed by atoms with van der Waals surface area (Å²) in [6, 6.07) is 4.38. The van der Waals surface area contributed by atoms with Gasteiger partial charge in [0.2, 0.25) is 0 Å². The molecular formula is C17H30N2O. The van der Waals surface area contributed by atoms with Gasteiger partial charge in [-0.1, -0.05) is 40.2 Å². The van der Waals surface area contributed by atoms with Crippen LogP contribution in [0.1, 0.15) is 77.1 Å². The maximum absolute atomic E-state index is 12.7. The molecule has 1 heterocycles. The van der Waals surface area contributed by atoms with Crippen LogP contribution in [0.3, 0.4) is 0 Å². The Kier molecular flexibility index (Phi) is 7.00. The van der Waals surface area contributed by atoms with Gasteiger partial charge in [0.05, 0.1) is 0 Å². The summed E-state index contributed by atoms with van der Waals surface area (Å²) in [6.45, 7) is 12.4. The van der Waals surface area contributed by atoms with Crippen LogP contribution in [0.15, 0.2) is 16.9 Å². The van der Waals surface area contributed by atoms with Crippen LogP contribution in [0, 0.1) is 0 Å². The predicted molar refractivity (Wildman–Crippen MR) is 86.4 cm³/mol. The van der Waals surface area contributed by atoms with E-state index in [0.29, 0.717) is 12.5 Å². The highest BCUT2D eigenvalue weighted by Crippen LogP contribution is 2.19. The van der Waals surface area contributed by atoms with E-state index < -0.39 is 0 Å². The molecule has 0 amide bonds. The molecule has 0 fully saturated rings. The van der Waals surface area contributed by atoms with Crippen LogP contribution < -0.4 is 10.9 Å². The van der Waals surface area contributed by atoms with E-state index in [0.717, 1.165) is 30.6 Å². The summed E-state index contributed by atoms with van der Waals surface area (Å²) in [5.74, 6) is 0.374. The van der Waals surface area contributed by atoms with Crippen molar-refractivity contribution in [3.63, 3.8) is 0 Å². The first kappa shape index (κ1) is 17.0. The Morgan fingerprint density at radius 2 is 1.90 bits per heavy atom. The first-order valence-electron chi connectivity index (χ1n) is 7.97. The summed E-state index contributed by atoms with van der Waals surface area (Å²) in [5.41, 5.74) is 2.20. The van der Waals surface area contributed by atoms with Crippen molar-refractivity contribution < 1.29 is 0 Å². The highest BCUT2D eigenvalue weighted by Gasteiger charge is 2.14. The maximum atomic E-state index is 12.7. The van der Waals surface area contributed by atoms with Gasteiger partial charge in [-0.15, -0.1) is 0 Å². The Morgan fingerprint density at radius 3 is 2.45 bits per heavy atom. The molecule has 0 aliphatic carbocycles. The van der Waals surface area contributed by atoms with E-state index >= 15 is 0 Å². The number of aromatic nitrogens is 1. The molecule has 114 valence electrons. The van der Waals surface area contributed by atoms with Gasteiger partial charge in [-0.2, -0.15) is 0 Å². The fourth-order valence-corrected chi connectivity index (χ4v) is 2.38. The lowest BCUT2D eigenvalue weighted by atomic mass is 10.1. The molecule has 3 nitrogen and oxygen atoms in total. The highest BCUT2D eigenvalue weighted by atomic mass is 16.1. The average Bonchev–Trinajstić information content (AvgIpc) is 2.43. The molecule has 1 aromatic rings. The van der Waals surface area contributed by atoms with Crippen molar-refractivity contribution >= 4 is 0 Å². The summed E-state index contributed by atoms with van der Waals surface area (Å²) in [6.07, 6.45) is 3.31. The fourth-order valence-electron chi connectivity index (χ4n) is 2.38. The van der Waals surface area contributed by atoms with Crippen LogP contribution >= 0.6 is 0 Å². The summed E-state index contributed by atoms with van der Waals surface area (Å²) < 4.78 is 1.99. The van der Waals surface area contributed by atoms with E-state index in [4.69, 9.17) is 0 Å². The van der Waals surface area contributed by atoms with Gasteiger partial charge in [0, 0.05) is 23.8 Å². The zero-order valence-corrected chi connectivity index (χ0v) is 13.7. The molecule has 0 spiro atoms. The minimum Gasteiger partial charge on any atom is -0.312 e. The molecule has 0 aliphatic rings. The van der Waals surface area contributed by atoms with Crippen LogP contribution in [0.4, 0.5) is 0 Å². The van der Waals surface area contributed by atoms with Crippen molar-refractivity contribution in [2.24, 2.45) is 0 Å². The minimum absolute atomic E-state index is 0.176. The topological polar surface area (TPSA) is 34.0 Å². The van der Waals surface area contributed by atoms with E-state index in [1.807, 2.05) is 10.6 Å². The summed E-state index contributed by atoms with van der Waals surface area (Å²) >= 11 is 0. The van der Waals surface area contributed by atoms with E-state index in [9.17, 15) is 4.79 Å². The second kappa shape index (κ2) is 8.25. The Morgan fingerprint density at radius 1 is 1.20 bits per heavy atom. The lowest BCUT2D eigenvalue weighted by Gasteiger charge is -2.22. The van der Waals surface area contributed by atoms with Crippen molar-refractivity contribution in [1.29, 1.82) is 0 Å². The van der Waals surface area contributed by atoms with E-state index in [2.05, 4.69) is 46.0 Å². The monoisotopic (exact) mass is 278 g/mol. The van der Waals surface area contributed by atoms with Crippen molar-refractivity contribution in [3.8, 4) is 0 Å². The van der Waals surface area contributed by atoms with Crippen molar-refractivity contribution in [1.82, 2.24) is 9.88 Å². The second-order valence-electron chi connectivity index (χ2n) is 5.90. The van der Waals surface area contributed by atoms with E-state index in [-0.39, 0.29) is 11.6 Å². The van der Waals surface area contributed by atoms with Crippen molar-refractivity contribution in [2.45, 2.75) is 72.4 Å². The predicted octanol–water partition coefficient (Wildman–Crippen LogP) is 3.83. The molecular weight excluding hydrogens is 248 g/mol. The van der Waals surface area contributed by atoms with Crippen LogP contribution in [0.5, 0.6) is 0 Å². The maximum Gasteiger partial charge on any atom is 0.255 e. The van der Waals surface area contributed by atoms with Gasteiger partial charge in [-0.05, 0) is 38.3 Å². The molecule has 3 heteroatoms. The largest absolute Gasteiger partial charge is 0.312 e. The molecule has 0 radical (unpaired) electrons. The summed E-state index contributed by atoms with van der Waals surface area (Å²) in [5, 5.41) is 3.36. The molecule has 1 rings (SSSR count). The summed E-state index contributed by atoms with van der Waals surface area (Å²) in [7, 11) is 0. The van der Waals surface area contributed by atoms with E-state index in [1.54, 1.807) is 0 Å². The van der Waals surface area contributed by atoms with Gasteiger partial charge < -0.3 is 9.88 Å². The third-order valence-electron chi connectivity index (χ3n) is 3.87. The Balaban J connectivity index is 3.02. The smallest absolute Gasteiger partial charge is 0.255 e. The van der Waals surface area contributed by atoms with E-state index in [1.165, 1.54) is 6.42 Å². The number of rotatable bonds is 8. The third-order valence-corrected chi connectivity index (χ3v) is 3.87. The molecule has 0 bridgehead atoms. The fraction of sp³-hybridized carbons (Fsp3) is 0.706. The molecule has 0 saturated heterocycles. The first-order valence-corrected chi connectivity index (χ1v) is 7.97. The SMILES string of the molecule is CCCCNCc1ccc(C(C)C)n(C(C)CC)c1=O. The van der Waals surface area contributed by atoms with Gasteiger partial charge >= 0.3 is 0 Å². The van der Waals surface area contributed by atoms with Gasteiger partial charge in [0.1, 0.15) is 0 Å². The third kappa shape index (κ3) is 4.20. The van der Waals surface area contributed by atoms with Gasteiger partial charge in [0.15, 0.2) is 0 Å². The molecule has 20 heavy (non-hydrogen) atoms. The number of hydrogen-bond donors (Lipinski definition) is 1. The number of nitrogens with zero attached hydrogens (tertiary/aromatic N) is 1. The zero-order valence-electron chi connectivity index (χ0n) is 13.7. The van der Waals surface area contributed by atoms with Crippen molar-refractivity contribution in [2.75, 3.05) is 6.54 Å². The summed E-state index contributed by atoms with van der Waals surface area (Å²) in [4.78, 5) is 12.7. The molecule has 1 N–H and O–H groups in total. The molecule has 0 aromatic carbocycles. The number of hydrogen-bond acceptors (Lipinski definition) is 2. The quantitative estimate of drug-likeness (QED) is 0.733. The Labute approximate surface area is 123 Å². The lowest BCUT2D eigenvalue weighted by Crippen LogP contribution is -2.31. The Bertz CT molecular complexity index is 463. The first-order chi connectivity index (χ1) is 9.52. The van der Waals surface area contributed by atoms with Crippen LogP contribution in [0.25, 0.3) is 0 Å². The zero-order chi connectivity index (χ0) is 15.1. The average molecular weight is 278 g/mol. The molecule has 0 saturated carbocycles. The van der Waals surface area contributed by atoms with Crippen LogP contribution in [0.2, 0.25) is 0 Å². The van der Waals surface area contributed by atoms with Crippen LogP contribution in [-0.4, -0.2) is 11.1 Å². The number of unbranched alkanes of at least 4 members (excludes halogenated alkanes) is 1. The van der Waals surface area contributed by atoms with Crippen LogP contribution in [-0.2, 0) is 6.54 Å². The number of nitrogens with one attached hydrogen (secondary N) is 1. The minimum atomic E-state index is 0.176. The molecule has 1 unspecified atom stereocenters. The van der Waals surface area contributed by atoms with Gasteiger partial charge in [-0.25, -0.2) is 0 Å². The Hall–Kier alpha value is -1.09. The molecule has 1 aromatic heterocycles. The van der Waals surface area contributed by atoms with Crippen molar-refractivity contribution in [3.05, 3.63) is 33.7 Å². The van der Waals surface area contributed by atoms with Gasteiger partial charge in [-0.3, -0.25) is 4.79 Å². The normalized spacial score (nSPS) is 12.9. The highest BCUT2D eigenvalue weighted by molar-refractivity contribution is 5.19. The lowest BCUT2D eigenvalue weighted by molar-refractivity contribution is 0.478. The standard InChI is InChI=1S/C17H30N2O/c1-6-8-11-18-12-15-9-10-16(13(3)4)19(17(15)20)14(5)7-2/h9-10,13-14,18H,6-8,11-12H2,1-5H3. The molecule has 1 atom stereocenters. The van der Waals surface area contributed by atoms with Gasteiger partial charge in [0.25, 0.3) is 5.56 Å².